The molecule has 8 heteroatoms. The van der Waals surface area contributed by atoms with Crippen molar-refractivity contribution in [2.24, 2.45) is 0 Å². The number of carbonyl (C=O) groups excluding carboxylic acids is 1. The molecule has 1 aliphatic rings. The number of non-ortho nitro benzene ring substituents is 1. The maximum atomic E-state index is 12.9. The van der Waals surface area contributed by atoms with E-state index in [-0.39, 0.29) is 35.0 Å². The van der Waals surface area contributed by atoms with E-state index in [9.17, 15) is 14.9 Å². The standard InChI is InChI=1S/C22H21ClN3O3.BrH/c23-18-10-8-16(9-11-18)20-14-24(22-7-2-1-3-12-25(20)22)15-21(27)17-5-4-6-19(13-17)26(28)29;/h4-6,8-11,13-14H,1-3,7,12,15H2;1H/q+1;/p-1. The molecule has 2 aromatic carbocycles. The lowest BCUT2D eigenvalue weighted by molar-refractivity contribution is -0.690. The first-order valence-corrected chi connectivity index (χ1v) is 10.1. The van der Waals surface area contributed by atoms with E-state index in [0.717, 1.165) is 49.3 Å². The number of benzene rings is 2. The topological polar surface area (TPSA) is 69.0 Å². The Morgan fingerprint density at radius 2 is 1.90 bits per heavy atom. The van der Waals surface area contributed by atoms with Gasteiger partial charge in [0.25, 0.3) is 11.5 Å². The Bertz CT molecular complexity index is 1080. The van der Waals surface area contributed by atoms with E-state index in [0.29, 0.717) is 10.6 Å². The van der Waals surface area contributed by atoms with Crippen LogP contribution in [0.15, 0.2) is 54.7 Å². The smallest absolute Gasteiger partial charge is 0.270 e. The Balaban J connectivity index is 0.00000256. The van der Waals surface area contributed by atoms with E-state index in [1.807, 2.05) is 35.0 Å². The van der Waals surface area contributed by atoms with Gasteiger partial charge in [0.05, 0.1) is 11.5 Å². The molecule has 30 heavy (non-hydrogen) atoms. The molecule has 156 valence electrons. The summed E-state index contributed by atoms with van der Waals surface area (Å²) < 4.78 is 4.29. The van der Waals surface area contributed by atoms with Gasteiger partial charge < -0.3 is 17.0 Å². The molecule has 0 spiro atoms. The highest BCUT2D eigenvalue weighted by Gasteiger charge is 2.27. The van der Waals surface area contributed by atoms with Crippen LogP contribution in [0.1, 0.15) is 35.4 Å². The summed E-state index contributed by atoms with van der Waals surface area (Å²) in [4.78, 5) is 23.4. The van der Waals surface area contributed by atoms with Crippen LogP contribution < -0.4 is 21.5 Å². The number of nitrogens with zero attached hydrogens (tertiary/aromatic N) is 3. The minimum Gasteiger partial charge on any atom is -1.00 e. The monoisotopic (exact) mass is 489 g/mol. The van der Waals surface area contributed by atoms with Crippen molar-refractivity contribution in [3.8, 4) is 11.3 Å². The summed E-state index contributed by atoms with van der Waals surface area (Å²) >= 11 is 6.04. The van der Waals surface area contributed by atoms with Crippen LogP contribution in [0.3, 0.4) is 0 Å². The SMILES string of the molecule is O=C(C[n+]1cc(-c2ccc(Cl)cc2)n2c1CCCCC2)c1cccc([N+](=O)[O-])c1.[Br-]. The predicted molar refractivity (Wildman–Crippen MR) is 110 cm³/mol. The van der Waals surface area contributed by atoms with Gasteiger partial charge in [0.15, 0.2) is 12.2 Å². The Kier molecular flexibility index (Phi) is 7.05. The predicted octanol–water partition coefficient (Wildman–Crippen LogP) is 1.62. The first kappa shape index (κ1) is 22.2. The second-order valence-corrected chi connectivity index (χ2v) is 7.69. The zero-order valence-electron chi connectivity index (χ0n) is 16.3. The van der Waals surface area contributed by atoms with Gasteiger partial charge in [0, 0.05) is 34.7 Å². The average Bonchev–Trinajstić information content (AvgIpc) is 2.89. The molecule has 3 aromatic rings. The molecule has 0 saturated carbocycles. The number of ketones is 1. The van der Waals surface area contributed by atoms with Gasteiger partial charge in [0.2, 0.25) is 5.78 Å². The molecule has 0 fully saturated rings. The van der Waals surface area contributed by atoms with Crippen molar-refractivity contribution < 1.29 is 31.3 Å². The largest absolute Gasteiger partial charge is 1.00 e. The highest BCUT2D eigenvalue weighted by Crippen LogP contribution is 2.25. The van der Waals surface area contributed by atoms with Gasteiger partial charge in [-0.15, -0.1) is 0 Å². The lowest BCUT2D eigenvalue weighted by Crippen LogP contribution is -3.00. The first-order valence-electron chi connectivity index (χ1n) is 9.68. The molecule has 0 bridgehead atoms. The molecule has 0 saturated heterocycles. The van der Waals surface area contributed by atoms with Crippen LogP contribution in [0.25, 0.3) is 11.3 Å². The maximum absolute atomic E-state index is 12.9. The maximum Gasteiger partial charge on any atom is 0.270 e. The quantitative estimate of drug-likeness (QED) is 0.236. The highest BCUT2D eigenvalue weighted by molar-refractivity contribution is 6.30. The summed E-state index contributed by atoms with van der Waals surface area (Å²) in [7, 11) is 0. The molecule has 1 aromatic heterocycles. The summed E-state index contributed by atoms with van der Waals surface area (Å²) in [6.45, 7) is 1.06. The molecule has 0 amide bonds. The zero-order chi connectivity index (χ0) is 20.4. The van der Waals surface area contributed by atoms with Crippen LogP contribution in [-0.2, 0) is 19.5 Å². The first-order chi connectivity index (χ1) is 14.0. The molecule has 0 N–H and O–H groups in total. The number of nitro benzene ring substituents is 1. The van der Waals surface area contributed by atoms with Crippen molar-refractivity contribution in [2.45, 2.75) is 38.8 Å². The number of imidazole rings is 1. The lowest BCUT2D eigenvalue weighted by Gasteiger charge is -2.03. The van der Waals surface area contributed by atoms with E-state index in [1.165, 1.54) is 12.1 Å². The molecule has 6 nitrogen and oxygen atoms in total. The van der Waals surface area contributed by atoms with Gasteiger partial charge in [0.1, 0.15) is 6.20 Å². The van der Waals surface area contributed by atoms with E-state index in [4.69, 9.17) is 11.6 Å². The van der Waals surface area contributed by atoms with Crippen LogP contribution in [0.5, 0.6) is 0 Å². The minimum absolute atomic E-state index is 0. The third-order valence-corrected chi connectivity index (χ3v) is 5.58. The van der Waals surface area contributed by atoms with E-state index in [2.05, 4.69) is 4.57 Å². The second kappa shape index (κ2) is 9.53. The molecule has 1 aliphatic heterocycles. The number of aromatic nitrogens is 2. The van der Waals surface area contributed by atoms with Gasteiger partial charge in [-0.1, -0.05) is 23.7 Å². The summed E-state index contributed by atoms with van der Waals surface area (Å²) in [6, 6.07) is 13.6. The number of nitro groups is 1. The Morgan fingerprint density at radius 3 is 2.63 bits per heavy atom. The highest BCUT2D eigenvalue weighted by atomic mass is 79.9. The number of hydrogen-bond acceptors (Lipinski definition) is 3. The van der Waals surface area contributed by atoms with Gasteiger partial charge >= 0.3 is 0 Å². The summed E-state index contributed by atoms with van der Waals surface area (Å²) in [5.74, 6) is 0.977. The number of halogens is 2. The van der Waals surface area contributed by atoms with Crippen LogP contribution in [0.4, 0.5) is 5.69 Å². The van der Waals surface area contributed by atoms with Crippen molar-refractivity contribution in [1.82, 2.24) is 4.57 Å². The van der Waals surface area contributed by atoms with Crippen LogP contribution in [0, 0.1) is 10.1 Å². The third-order valence-electron chi connectivity index (χ3n) is 5.33. The molecule has 0 unspecified atom stereocenters. The second-order valence-electron chi connectivity index (χ2n) is 7.26. The Labute approximate surface area is 190 Å². The van der Waals surface area contributed by atoms with Crippen molar-refractivity contribution >= 4 is 23.1 Å². The number of carbonyl (C=O) groups is 1. The molecule has 4 rings (SSSR count). The van der Waals surface area contributed by atoms with Gasteiger partial charge in [-0.3, -0.25) is 14.9 Å². The summed E-state index contributed by atoms with van der Waals surface area (Å²) in [5, 5.41) is 11.7. The van der Waals surface area contributed by atoms with Gasteiger partial charge in [-0.25, -0.2) is 9.13 Å². The molecule has 0 atom stereocenters. The number of hydrogen-bond donors (Lipinski definition) is 0. The summed E-state index contributed by atoms with van der Waals surface area (Å²) in [5.41, 5.74) is 2.40. The average molecular weight is 491 g/mol. The van der Waals surface area contributed by atoms with Crippen molar-refractivity contribution in [1.29, 1.82) is 0 Å². The fourth-order valence-electron chi connectivity index (χ4n) is 3.87. The molecule has 0 aliphatic carbocycles. The van der Waals surface area contributed by atoms with Crippen LogP contribution in [-0.4, -0.2) is 15.3 Å². The van der Waals surface area contributed by atoms with Crippen LogP contribution >= 0.6 is 11.6 Å². The Hall–Kier alpha value is -2.51. The molecule has 2 heterocycles. The zero-order valence-corrected chi connectivity index (χ0v) is 18.6. The molecular formula is C22H21BrClN3O3. The number of Topliss-reactive ketones (excluding diaryl/α,β-unsaturated/α-hetero) is 1. The van der Waals surface area contributed by atoms with E-state index < -0.39 is 4.92 Å². The third kappa shape index (κ3) is 4.63. The summed E-state index contributed by atoms with van der Waals surface area (Å²) in [6.07, 6.45) is 6.24. The van der Waals surface area contributed by atoms with Crippen molar-refractivity contribution in [2.75, 3.05) is 0 Å². The molecular weight excluding hydrogens is 470 g/mol. The number of fused-ring (bicyclic) bond motifs is 1. The fourth-order valence-corrected chi connectivity index (χ4v) is 4.00. The van der Waals surface area contributed by atoms with Crippen molar-refractivity contribution in [3.63, 3.8) is 0 Å². The van der Waals surface area contributed by atoms with Gasteiger partial charge in [-0.05, 0) is 43.5 Å². The Morgan fingerprint density at radius 1 is 1.13 bits per heavy atom. The van der Waals surface area contributed by atoms with Gasteiger partial charge in [-0.2, -0.15) is 0 Å². The van der Waals surface area contributed by atoms with E-state index >= 15 is 0 Å². The fraction of sp³-hybridized carbons (Fsp3) is 0.273. The normalized spacial score (nSPS) is 13.1. The van der Waals surface area contributed by atoms with Crippen LogP contribution in [0.2, 0.25) is 5.02 Å². The molecule has 0 radical (unpaired) electrons. The van der Waals surface area contributed by atoms with Crippen molar-refractivity contribution in [3.05, 3.63) is 81.3 Å². The van der Waals surface area contributed by atoms with E-state index in [1.54, 1.807) is 12.1 Å². The minimum atomic E-state index is -0.479. The lowest BCUT2D eigenvalue weighted by atomic mass is 10.1. The number of rotatable bonds is 5.